The Labute approximate surface area is 209 Å². The van der Waals surface area contributed by atoms with Crippen molar-refractivity contribution in [2.45, 2.75) is 57.1 Å². The van der Waals surface area contributed by atoms with Crippen molar-refractivity contribution in [1.29, 1.82) is 0 Å². The molecule has 4 rings (SSSR count). The van der Waals surface area contributed by atoms with Gasteiger partial charge >= 0.3 is 0 Å². The van der Waals surface area contributed by atoms with Gasteiger partial charge in [0.1, 0.15) is 0 Å². The molecule has 9 nitrogen and oxygen atoms in total. The summed E-state index contributed by atoms with van der Waals surface area (Å²) in [5.41, 5.74) is 1.67. The maximum Gasteiger partial charge on any atom is 0.237 e. The summed E-state index contributed by atoms with van der Waals surface area (Å²) in [5.74, 6) is 0.205. The van der Waals surface area contributed by atoms with Gasteiger partial charge in [0.05, 0.1) is 41.1 Å². The number of sulfonamides is 1. The number of benzene rings is 1. The first-order valence-corrected chi connectivity index (χ1v) is 14.0. The minimum atomic E-state index is -3.47. The Morgan fingerprint density at radius 1 is 1.14 bits per heavy atom. The van der Waals surface area contributed by atoms with Gasteiger partial charge in [0, 0.05) is 16.6 Å². The molecule has 0 unspecified atom stereocenters. The second-order valence-electron chi connectivity index (χ2n) is 8.92. The van der Waals surface area contributed by atoms with E-state index in [9.17, 15) is 13.2 Å². The molecule has 1 fully saturated rings. The molecule has 0 bridgehead atoms. The molecule has 2 heterocycles. The highest BCUT2D eigenvalue weighted by atomic mass is 32.2. The molecule has 0 atom stereocenters. The second kappa shape index (κ2) is 10.3. The maximum atomic E-state index is 13.1. The number of anilines is 2. The lowest BCUT2D eigenvalue weighted by Gasteiger charge is -2.21. The molecular weight excluding hydrogens is 486 g/mol. The molecule has 2 aromatic heterocycles. The number of hydrogen-bond acceptors (Lipinski definition) is 8. The lowest BCUT2D eigenvalue weighted by Crippen LogP contribution is -2.35. The third-order valence-electron chi connectivity index (χ3n) is 6.03. The fraction of sp³-hybridized carbons (Fsp3) is 0.417. The number of hydrogen-bond donors (Lipinski definition) is 2. The minimum absolute atomic E-state index is 0.251. The van der Waals surface area contributed by atoms with E-state index in [1.54, 1.807) is 43.8 Å². The molecule has 1 aromatic carbocycles. The van der Waals surface area contributed by atoms with Gasteiger partial charge in [-0.1, -0.05) is 25.0 Å². The average Bonchev–Trinajstić information content (AvgIpc) is 3.53. The highest BCUT2D eigenvalue weighted by Crippen LogP contribution is 2.31. The first-order chi connectivity index (χ1) is 16.7. The van der Waals surface area contributed by atoms with Crippen molar-refractivity contribution in [3.05, 3.63) is 47.7 Å². The third kappa shape index (κ3) is 5.79. The van der Waals surface area contributed by atoms with Crippen LogP contribution in [0.2, 0.25) is 0 Å². The van der Waals surface area contributed by atoms with Crippen molar-refractivity contribution in [2.75, 3.05) is 16.6 Å². The van der Waals surface area contributed by atoms with Gasteiger partial charge in [0.2, 0.25) is 21.8 Å². The summed E-state index contributed by atoms with van der Waals surface area (Å²) in [6, 6.07) is 7.28. The van der Waals surface area contributed by atoms with Crippen molar-refractivity contribution in [2.24, 2.45) is 0 Å². The maximum absolute atomic E-state index is 13.1. The fourth-order valence-electron chi connectivity index (χ4n) is 3.84. The van der Waals surface area contributed by atoms with Crippen LogP contribution in [0.3, 0.4) is 0 Å². The molecule has 0 radical (unpaired) electrons. The number of amides is 1. The van der Waals surface area contributed by atoms with E-state index in [1.807, 2.05) is 19.1 Å². The fourth-order valence-corrected chi connectivity index (χ4v) is 6.52. The Bertz CT molecular complexity index is 1280. The number of thiazole rings is 1. The first kappa shape index (κ1) is 25.1. The van der Waals surface area contributed by atoms with Crippen LogP contribution in [0, 0.1) is 0 Å². The Morgan fingerprint density at radius 2 is 1.86 bits per heavy atom. The first-order valence-electron chi connectivity index (χ1n) is 11.5. The zero-order valence-electron chi connectivity index (χ0n) is 19.9. The highest BCUT2D eigenvalue weighted by molar-refractivity contribution is 7.93. The largest absolute Gasteiger partial charge is 0.477 e. The normalized spacial score (nSPS) is 14.6. The molecule has 2 N–H and O–H groups in total. The van der Waals surface area contributed by atoms with Crippen LogP contribution in [0.25, 0.3) is 11.3 Å². The molecular formula is C24H29N5O4S2. The van der Waals surface area contributed by atoms with Crippen LogP contribution in [0.4, 0.5) is 10.8 Å². The van der Waals surface area contributed by atoms with Crippen LogP contribution in [-0.2, 0) is 20.2 Å². The summed E-state index contributed by atoms with van der Waals surface area (Å²) in [7, 11) is -3.47. The number of nitrogens with one attached hydrogen (secondary N) is 2. The summed E-state index contributed by atoms with van der Waals surface area (Å²) in [6.45, 7) is 5.91. The van der Waals surface area contributed by atoms with Crippen molar-refractivity contribution in [3.8, 4) is 17.1 Å². The third-order valence-corrected chi connectivity index (χ3v) is 8.74. The minimum Gasteiger partial charge on any atom is -0.477 e. The molecule has 0 saturated heterocycles. The zero-order chi connectivity index (χ0) is 25.1. The zero-order valence-corrected chi connectivity index (χ0v) is 21.6. The lowest BCUT2D eigenvalue weighted by molar-refractivity contribution is -0.120. The summed E-state index contributed by atoms with van der Waals surface area (Å²) < 4.78 is 33.2. The van der Waals surface area contributed by atoms with Gasteiger partial charge < -0.3 is 10.1 Å². The van der Waals surface area contributed by atoms with Gasteiger partial charge in [-0.3, -0.25) is 14.5 Å². The van der Waals surface area contributed by atoms with Gasteiger partial charge in [-0.05, 0) is 45.7 Å². The number of nitrogens with zero attached hydrogens (tertiary/aromatic N) is 3. The monoisotopic (exact) mass is 515 g/mol. The van der Waals surface area contributed by atoms with E-state index in [4.69, 9.17) is 4.74 Å². The smallest absolute Gasteiger partial charge is 0.237 e. The van der Waals surface area contributed by atoms with Gasteiger partial charge in [0.25, 0.3) is 0 Å². The van der Waals surface area contributed by atoms with Crippen molar-refractivity contribution >= 4 is 38.1 Å². The van der Waals surface area contributed by atoms with E-state index in [2.05, 4.69) is 25.0 Å². The van der Waals surface area contributed by atoms with Crippen molar-refractivity contribution in [1.82, 2.24) is 15.0 Å². The van der Waals surface area contributed by atoms with Crippen LogP contribution >= 0.6 is 11.3 Å². The van der Waals surface area contributed by atoms with Crippen LogP contribution in [0.1, 0.15) is 52.1 Å². The predicted octanol–water partition coefficient (Wildman–Crippen LogP) is 4.60. The molecule has 186 valence electrons. The standard InChI is InChI=1S/C24H29N5O4S2/c1-4-33-21-14-25-13-19(27-21)16-9-11-17(12-10-16)26-22(30)24(2,3)20-15-34-23(28-20)29-35(31,32)18-7-5-6-8-18/h9-15,18H,4-8H2,1-3H3,(H,26,30)(H,28,29). The van der Waals surface area contributed by atoms with Crippen LogP contribution in [-0.4, -0.2) is 41.1 Å². The van der Waals surface area contributed by atoms with E-state index in [0.29, 0.717) is 42.4 Å². The molecule has 3 aromatic rings. The van der Waals surface area contributed by atoms with Gasteiger partial charge in [-0.15, -0.1) is 11.3 Å². The van der Waals surface area contributed by atoms with Gasteiger partial charge in [0.15, 0.2) is 5.13 Å². The molecule has 1 aliphatic rings. The number of ether oxygens (including phenoxy) is 1. The Morgan fingerprint density at radius 3 is 2.54 bits per heavy atom. The number of carbonyl (C=O) groups is 1. The van der Waals surface area contributed by atoms with Crippen LogP contribution < -0.4 is 14.8 Å². The highest BCUT2D eigenvalue weighted by Gasteiger charge is 2.34. The molecule has 1 amide bonds. The topological polar surface area (TPSA) is 123 Å². The molecule has 35 heavy (non-hydrogen) atoms. The average molecular weight is 516 g/mol. The Hall–Kier alpha value is -3.05. The Kier molecular flexibility index (Phi) is 7.36. The second-order valence-corrected chi connectivity index (χ2v) is 11.7. The predicted molar refractivity (Wildman–Crippen MR) is 137 cm³/mol. The molecule has 11 heteroatoms. The summed E-state index contributed by atoms with van der Waals surface area (Å²) >= 11 is 1.19. The van der Waals surface area contributed by atoms with Crippen LogP contribution in [0.15, 0.2) is 42.0 Å². The van der Waals surface area contributed by atoms with E-state index in [0.717, 1.165) is 18.4 Å². The lowest BCUT2D eigenvalue weighted by atomic mass is 9.89. The SMILES string of the molecule is CCOc1cncc(-c2ccc(NC(=O)C(C)(C)c3csc(NS(=O)(=O)C4CCCC4)n3)cc2)n1. The van der Waals surface area contributed by atoms with Crippen molar-refractivity contribution < 1.29 is 17.9 Å². The van der Waals surface area contributed by atoms with E-state index >= 15 is 0 Å². The molecule has 1 saturated carbocycles. The van der Waals surface area contributed by atoms with Gasteiger partial charge in [-0.25, -0.2) is 18.4 Å². The Balaban J connectivity index is 1.42. The number of rotatable bonds is 9. The van der Waals surface area contributed by atoms with E-state index < -0.39 is 15.4 Å². The molecule has 0 aliphatic heterocycles. The van der Waals surface area contributed by atoms with Crippen molar-refractivity contribution in [3.63, 3.8) is 0 Å². The van der Waals surface area contributed by atoms with E-state index in [-0.39, 0.29) is 16.3 Å². The summed E-state index contributed by atoms with van der Waals surface area (Å²) in [6.07, 6.45) is 6.41. The quantitative estimate of drug-likeness (QED) is 0.427. The van der Waals surface area contributed by atoms with Gasteiger partial charge in [-0.2, -0.15) is 0 Å². The van der Waals surface area contributed by atoms with Crippen LogP contribution in [0.5, 0.6) is 5.88 Å². The summed E-state index contributed by atoms with van der Waals surface area (Å²) in [5, 5.41) is 4.55. The number of aromatic nitrogens is 3. The molecule has 1 aliphatic carbocycles. The number of carbonyl (C=O) groups excluding carboxylic acids is 1. The van der Waals surface area contributed by atoms with E-state index in [1.165, 1.54) is 11.3 Å². The summed E-state index contributed by atoms with van der Waals surface area (Å²) in [4.78, 5) is 26.1. The molecule has 0 spiro atoms.